The molecule has 0 saturated carbocycles. The highest BCUT2D eigenvalue weighted by Gasteiger charge is 1.84. The molecule has 2 heteroatoms. The maximum absolute atomic E-state index is 9.86. The zero-order valence-electron chi connectivity index (χ0n) is 7.29. The highest BCUT2D eigenvalue weighted by atomic mass is 16.1. The summed E-state index contributed by atoms with van der Waals surface area (Å²) in [5, 5.41) is 2.48. The van der Waals surface area contributed by atoms with Crippen LogP contribution in [0.3, 0.4) is 0 Å². The highest BCUT2D eigenvalue weighted by molar-refractivity contribution is 5.46. The number of hydrogen-bond donors (Lipinski definition) is 1. The lowest BCUT2D eigenvalue weighted by molar-refractivity contribution is -0.109. The minimum Gasteiger partial charge on any atom is -0.348 e. The Balaban J connectivity index is 2.33. The van der Waals surface area contributed by atoms with Crippen LogP contribution in [0.1, 0.15) is 5.56 Å². The first-order chi connectivity index (χ1) is 6.43. The molecule has 0 bridgehead atoms. The molecule has 13 heavy (non-hydrogen) atoms. The summed E-state index contributed by atoms with van der Waals surface area (Å²) in [6.45, 7) is 0.427. The van der Waals surface area contributed by atoms with Crippen LogP contribution in [0.4, 0.5) is 0 Å². The van der Waals surface area contributed by atoms with Crippen LogP contribution in [0.2, 0.25) is 0 Å². The molecule has 0 unspecified atom stereocenters. The van der Waals surface area contributed by atoms with Gasteiger partial charge < -0.3 is 5.32 Å². The average Bonchev–Trinajstić information content (AvgIpc) is 2.19. The predicted octanol–water partition coefficient (Wildman–Crippen LogP) is 0.978. The van der Waals surface area contributed by atoms with Gasteiger partial charge in [0.2, 0.25) is 6.41 Å². The van der Waals surface area contributed by atoms with Gasteiger partial charge in [-0.3, -0.25) is 4.79 Å². The number of amides is 1. The van der Waals surface area contributed by atoms with Crippen LogP contribution in [0, 0.1) is 11.8 Å². The summed E-state index contributed by atoms with van der Waals surface area (Å²) in [6, 6.07) is 10.0. The molecule has 66 valence electrons. The molecule has 2 nitrogen and oxygen atoms in total. The van der Waals surface area contributed by atoms with Crippen molar-refractivity contribution in [1.29, 1.82) is 0 Å². The number of carbonyl (C=O) groups excluding carboxylic acids is 1. The van der Waals surface area contributed by atoms with Gasteiger partial charge in [0.1, 0.15) is 0 Å². The molecular weight excluding hydrogens is 162 g/mol. The number of rotatable bonds is 3. The van der Waals surface area contributed by atoms with Gasteiger partial charge >= 0.3 is 0 Å². The maximum Gasteiger partial charge on any atom is 0.207 e. The predicted molar refractivity (Wildman–Crippen MR) is 52.0 cm³/mol. The van der Waals surface area contributed by atoms with E-state index in [0.29, 0.717) is 13.0 Å². The molecule has 1 aromatic carbocycles. The molecular formula is C11H11NO. The van der Waals surface area contributed by atoms with Gasteiger partial charge in [-0.1, -0.05) is 42.2 Å². The van der Waals surface area contributed by atoms with E-state index in [9.17, 15) is 4.79 Å². The smallest absolute Gasteiger partial charge is 0.207 e. The minimum atomic E-state index is 0.427. The van der Waals surface area contributed by atoms with Crippen molar-refractivity contribution in [2.75, 3.05) is 6.54 Å². The molecule has 0 fully saturated rings. The van der Waals surface area contributed by atoms with Gasteiger partial charge in [0.05, 0.1) is 6.54 Å². The summed E-state index contributed by atoms with van der Waals surface area (Å²) in [5.41, 5.74) is 1.20. The van der Waals surface area contributed by atoms with Crippen molar-refractivity contribution < 1.29 is 4.79 Å². The zero-order chi connectivity index (χ0) is 9.36. The van der Waals surface area contributed by atoms with Crippen molar-refractivity contribution in [1.82, 2.24) is 5.32 Å². The Kier molecular flexibility index (Phi) is 4.20. The van der Waals surface area contributed by atoms with Crippen LogP contribution < -0.4 is 5.32 Å². The van der Waals surface area contributed by atoms with Crippen molar-refractivity contribution in [2.24, 2.45) is 0 Å². The van der Waals surface area contributed by atoms with Crippen LogP contribution in [-0.4, -0.2) is 13.0 Å². The maximum atomic E-state index is 9.86. The number of nitrogens with one attached hydrogen (secondary N) is 1. The van der Waals surface area contributed by atoms with E-state index in [0.717, 1.165) is 6.42 Å². The molecule has 0 aliphatic carbocycles. The molecule has 0 aromatic heterocycles. The summed E-state index contributed by atoms with van der Waals surface area (Å²) in [6.07, 6.45) is 1.39. The second kappa shape index (κ2) is 5.84. The van der Waals surface area contributed by atoms with Crippen molar-refractivity contribution in [3.8, 4) is 11.8 Å². The second-order valence-corrected chi connectivity index (χ2v) is 2.51. The lowest BCUT2D eigenvalue weighted by Gasteiger charge is -1.91. The van der Waals surface area contributed by atoms with Crippen molar-refractivity contribution in [3.63, 3.8) is 0 Å². The fraction of sp³-hybridized carbons (Fsp3) is 0.182. The molecule has 0 aliphatic rings. The van der Waals surface area contributed by atoms with E-state index in [1.54, 1.807) is 0 Å². The molecule has 0 heterocycles. The van der Waals surface area contributed by atoms with Crippen molar-refractivity contribution >= 4 is 6.41 Å². The summed E-state index contributed by atoms with van der Waals surface area (Å²) < 4.78 is 0. The Morgan fingerprint density at radius 3 is 2.69 bits per heavy atom. The van der Waals surface area contributed by atoms with Crippen molar-refractivity contribution in [2.45, 2.75) is 6.42 Å². The monoisotopic (exact) mass is 173 g/mol. The van der Waals surface area contributed by atoms with Crippen LogP contribution >= 0.6 is 0 Å². The van der Waals surface area contributed by atoms with E-state index in [-0.39, 0.29) is 0 Å². The average molecular weight is 173 g/mol. The number of hydrogen-bond acceptors (Lipinski definition) is 1. The SMILES string of the molecule is O=CNCC#CCc1ccccc1. The molecule has 0 aliphatic heterocycles. The quantitative estimate of drug-likeness (QED) is 0.412. The third kappa shape index (κ3) is 3.97. The van der Waals surface area contributed by atoms with E-state index >= 15 is 0 Å². The van der Waals surface area contributed by atoms with E-state index in [2.05, 4.69) is 17.2 Å². The Bertz CT molecular complexity index is 308. The van der Waals surface area contributed by atoms with E-state index in [1.807, 2.05) is 30.3 Å². The molecule has 1 rings (SSSR count). The normalized spacial score (nSPS) is 8.31. The molecule has 0 radical (unpaired) electrons. The first-order valence-corrected chi connectivity index (χ1v) is 4.10. The first kappa shape index (κ1) is 9.34. The lowest BCUT2D eigenvalue weighted by Crippen LogP contribution is -2.09. The van der Waals surface area contributed by atoms with Gasteiger partial charge in [-0.2, -0.15) is 0 Å². The van der Waals surface area contributed by atoms with Crippen molar-refractivity contribution in [3.05, 3.63) is 35.9 Å². The number of carbonyl (C=O) groups is 1. The van der Waals surface area contributed by atoms with Gasteiger partial charge in [0, 0.05) is 6.42 Å². The zero-order valence-corrected chi connectivity index (χ0v) is 7.29. The third-order valence-corrected chi connectivity index (χ3v) is 1.53. The first-order valence-electron chi connectivity index (χ1n) is 4.10. The standard InChI is InChI=1S/C11H11NO/c13-10-12-9-5-4-8-11-6-2-1-3-7-11/h1-3,6-7,10H,8-9H2,(H,12,13). The topological polar surface area (TPSA) is 29.1 Å². The molecule has 0 saturated heterocycles. The van der Waals surface area contributed by atoms with E-state index in [4.69, 9.17) is 0 Å². The highest BCUT2D eigenvalue weighted by Crippen LogP contribution is 1.97. The Morgan fingerprint density at radius 2 is 2.00 bits per heavy atom. The van der Waals surface area contributed by atoms with Gasteiger partial charge in [-0.25, -0.2) is 0 Å². The largest absolute Gasteiger partial charge is 0.348 e. The fourth-order valence-electron chi connectivity index (χ4n) is 0.916. The van der Waals surface area contributed by atoms with Gasteiger partial charge in [-0.05, 0) is 5.56 Å². The van der Waals surface area contributed by atoms with Crippen LogP contribution in [-0.2, 0) is 11.2 Å². The molecule has 0 atom stereocenters. The summed E-state index contributed by atoms with van der Waals surface area (Å²) in [5.74, 6) is 5.81. The Morgan fingerprint density at radius 1 is 1.23 bits per heavy atom. The van der Waals surface area contributed by atoms with Gasteiger partial charge in [-0.15, -0.1) is 0 Å². The van der Waals surface area contributed by atoms with Gasteiger partial charge in [0.15, 0.2) is 0 Å². The third-order valence-electron chi connectivity index (χ3n) is 1.53. The summed E-state index contributed by atoms with van der Waals surface area (Å²) >= 11 is 0. The summed E-state index contributed by atoms with van der Waals surface area (Å²) in [4.78, 5) is 9.86. The lowest BCUT2D eigenvalue weighted by atomic mass is 10.2. The minimum absolute atomic E-state index is 0.427. The van der Waals surface area contributed by atoms with E-state index in [1.165, 1.54) is 5.56 Å². The van der Waals surface area contributed by atoms with Gasteiger partial charge in [0.25, 0.3) is 0 Å². The van der Waals surface area contributed by atoms with Crippen LogP contribution in [0.15, 0.2) is 30.3 Å². The molecule has 1 amide bonds. The Hall–Kier alpha value is -1.75. The fourth-order valence-corrected chi connectivity index (χ4v) is 0.916. The van der Waals surface area contributed by atoms with Crippen LogP contribution in [0.25, 0.3) is 0 Å². The molecule has 1 aromatic rings. The summed E-state index contributed by atoms with van der Waals surface area (Å²) in [7, 11) is 0. The van der Waals surface area contributed by atoms with E-state index < -0.39 is 0 Å². The number of benzene rings is 1. The molecule has 0 spiro atoms. The van der Waals surface area contributed by atoms with Crippen LogP contribution in [0.5, 0.6) is 0 Å². The molecule has 1 N–H and O–H groups in total. The second-order valence-electron chi connectivity index (χ2n) is 2.51. The Labute approximate surface area is 78.0 Å².